The lowest BCUT2D eigenvalue weighted by molar-refractivity contribution is 0.959. The molecule has 0 saturated carbocycles. The smallest absolute Gasteiger partial charge is 0.0277 e. The zero-order chi connectivity index (χ0) is 6.24. The summed E-state index contributed by atoms with van der Waals surface area (Å²) >= 11 is 0. The number of unbranched alkanes of at least 4 members (excludes halogenated alkanes) is 1. The molecule has 0 heterocycles. The molecule has 0 atom stereocenters. The first kappa shape index (κ1) is 7.52. The Bertz CT molecular complexity index is 84.2. The molecule has 0 aromatic heterocycles. The minimum Gasteiger partial charge on any atom is -0.130 e. The molecule has 0 aromatic carbocycles. The maximum atomic E-state index is 3.09. The topological polar surface area (TPSA) is 0 Å². The van der Waals surface area contributed by atoms with Crippen LogP contribution in [0.25, 0.3) is 0 Å². The molecule has 0 aliphatic rings. The van der Waals surface area contributed by atoms with Crippen LogP contribution >= 0.6 is 0 Å². The summed E-state index contributed by atoms with van der Waals surface area (Å²) in [7, 11) is 0. The first-order valence-corrected chi connectivity index (χ1v) is 3.31. The van der Waals surface area contributed by atoms with E-state index in [1.165, 1.54) is 6.42 Å². The highest BCUT2D eigenvalue weighted by molar-refractivity contribution is 4.82. The lowest BCUT2D eigenvalue weighted by Gasteiger charge is -1.75. The molecule has 0 amide bonds. The zero-order valence-corrected chi connectivity index (χ0v) is 5.78. The number of allylic oxidation sites excluding steroid dienone is 1. The predicted molar refractivity (Wildman–Crippen MR) is 37.9 cm³/mol. The summed E-state index contributed by atoms with van der Waals surface area (Å²) in [4.78, 5) is 0. The van der Waals surface area contributed by atoms with E-state index in [1.807, 2.05) is 0 Å². The highest BCUT2D eigenvalue weighted by atomic mass is 13.7. The molecule has 0 aliphatic carbocycles. The highest BCUT2D eigenvalue weighted by Gasteiger charge is 1.66. The lowest BCUT2D eigenvalue weighted by atomic mass is 10.3. The second-order valence-corrected chi connectivity index (χ2v) is 1.77. The molecular weight excluding hydrogens is 96.1 g/mol. The third-order valence-corrected chi connectivity index (χ3v) is 0.873. The first-order valence-electron chi connectivity index (χ1n) is 3.31. The summed E-state index contributed by atoms with van der Waals surface area (Å²) in [6.45, 7) is 4.29. The maximum absolute atomic E-state index is 3.09. The van der Waals surface area contributed by atoms with Crippen LogP contribution in [0.5, 0.6) is 0 Å². The van der Waals surface area contributed by atoms with Gasteiger partial charge >= 0.3 is 0 Å². The van der Waals surface area contributed by atoms with Crippen LogP contribution in [-0.2, 0) is 0 Å². The van der Waals surface area contributed by atoms with Gasteiger partial charge < -0.3 is 0 Å². The minimum atomic E-state index is 1.10. The fraction of sp³-hybridized carbons (Fsp3) is 0.625. The third-order valence-electron chi connectivity index (χ3n) is 0.873. The van der Waals surface area contributed by atoms with Crippen molar-refractivity contribution < 1.29 is 0 Å². The van der Waals surface area contributed by atoms with Gasteiger partial charge in [-0.1, -0.05) is 20.3 Å². The van der Waals surface area contributed by atoms with Crippen LogP contribution in [-0.4, -0.2) is 0 Å². The summed E-state index contributed by atoms with van der Waals surface area (Å²) < 4.78 is 0. The molecule has 0 heteroatoms. The largest absolute Gasteiger partial charge is 0.130 e. The van der Waals surface area contributed by atoms with Gasteiger partial charge in [-0.15, -0.1) is 5.73 Å². The standard InChI is InChI=1S/C8H14/c1-3-5-7-8-6-4-2/h5,8H,3-4,6H2,1-2H3. The Morgan fingerprint density at radius 3 is 2.50 bits per heavy atom. The van der Waals surface area contributed by atoms with E-state index in [9.17, 15) is 0 Å². The predicted octanol–water partition coefficient (Wildman–Crippen LogP) is 2.91. The van der Waals surface area contributed by atoms with Gasteiger partial charge in [0.1, 0.15) is 0 Å². The van der Waals surface area contributed by atoms with Gasteiger partial charge in [0.25, 0.3) is 0 Å². The van der Waals surface area contributed by atoms with Crippen molar-refractivity contribution in [2.45, 2.75) is 33.1 Å². The number of hydrogen-bond acceptors (Lipinski definition) is 0. The molecule has 0 unspecified atom stereocenters. The van der Waals surface area contributed by atoms with Crippen LogP contribution in [0, 0.1) is 0 Å². The molecule has 0 radical (unpaired) electrons. The molecule has 8 heavy (non-hydrogen) atoms. The first-order chi connectivity index (χ1) is 3.91. The van der Waals surface area contributed by atoms with Crippen LogP contribution in [0.2, 0.25) is 0 Å². The van der Waals surface area contributed by atoms with Crippen molar-refractivity contribution in [1.29, 1.82) is 0 Å². The van der Waals surface area contributed by atoms with Crippen LogP contribution in [0.1, 0.15) is 33.1 Å². The Kier molecular flexibility index (Phi) is 6.13. The molecule has 0 nitrogen and oxygen atoms in total. The van der Waals surface area contributed by atoms with E-state index < -0.39 is 0 Å². The summed E-state index contributed by atoms with van der Waals surface area (Å²) in [5.74, 6) is 0. The second-order valence-electron chi connectivity index (χ2n) is 1.77. The average molecular weight is 110 g/mol. The molecule has 0 spiro atoms. The van der Waals surface area contributed by atoms with Gasteiger partial charge in [0.05, 0.1) is 0 Å². The monoisotopic (exact) mass is 110 g/mol. The van der Waals surface area contributed by atoms with Crippen molar-refractivity contribution in [2.75, 3.05) is 0 Å². The maximum Gasteiger partial charge on any atom is -0.0277 e. The molecule has 0 saturated heterocycles. The fourth-order valence-electron chi connectivity index (χ4n) is 0.429. The van der Waals surface area contributed by atoms with Gasteiger partial charge in [-0.2, -0.15) is 0 Å². The Morgan fingerprint density at radius 1 is 1.25 bits per heavy atom. The van der Waals surface area contributed by atoms with Crippen molar-refractivity contribution in [3.05, 3.63) is 17.9 Å². The molecule has 0 fully saturated rings. The van der Waals surface area contributed by atoms with Crippen LogP contribution in [0.4, 0.5) is 0 Å². The van der Waals surface area contributed by atoms with E-state index in [0.717, 1.165) is 12.8 Å². The summed E-state index contributed by atoms with van der Waals surface area (Å²) in [6, 6.07) is 0. The minimum absolute atomic E-state index is 1.10. The van der Waals surface area contributed by atoms with Crippen LogP contribution in [0.15, 0.2) is 17.9 Å². The van der Waals surface area contributed by atoms with Crippen molar-refractivity contribution >= 4 is 0 Å². The van der Waals surface area contributed by atoms with Gasteiger partial charge in [0.2, 0.25) is 0 Å². The van der Waals surface area contributed by atoms with E-state index in [0.29, 0.717) is 0 Å². The SMILES string of the molecule is CCC=C=CCCC. The molecule has 0 N–H and O–H groups in total. The molecule has 0 aliphatic heterocycles. The number of hydrogen-bond donors (Lipinski definition) is 0. The Balaban J connectivity index is 3.18. The Labute approximate surface area is 51.9 Å². The fourth-order valence-corrected chi connectivity index (χ4v) is 0.429. The molecule has 0 bridgehead atoms. The number of rotatable bonds is 3. The summed E-state index contributed by atoms with van der Waals surface area (Å²) in [6.07, 6.45) is 7.63. The van der Waals surface area contributed by atoms with Crippen molar-refractivity contribution in [3.8, 4) is 0 Å². The van der Waals surface area contributed by atoms with Crippen LogP contribution < -0.4 is 0 Å². The summed E-state index contributed by atoms with van der Waals surface area (Å²) in [5.41, 5.74) is 3.09. The lowest BCUT2D eigenvalue weighted by Crippen LogP contribution is -1.55. The Morgan fingerprint density at radius 2 is 2.00 bits per heavy atom. The third kappa shape index (κ3) is 5.52. The van der Waals surface area contributed by atoms with E-state index in [1.54, 1.807) is 0 Å². The molecule has 0 aromatic rings. The molecule has 0 rings (SSSR count). The van der Waals surface area contributed by atoms with E-state index in [-0.39, 0.29) is 0 Å². The molecule has 46 valence electrons. The van der Waals surface area contributed by atoms with Crippen LogP contribution in [0.3, 0.4) is 0 Å². The van der Waals surface area contributed by atoms with Gasteiger partial charge in [0.15, 0.2) is 0 Å². The Hall–Kier alpha value is -0.480. The van der Waals surface area contributed by atoms with Gasteiger partial charge in [-0.25, -0.2) is 0 Å². The van der Waals surface area contributed by atoms with Crippen molar-refractivity contribution in [1.82, 2.24) is 0 Å². The van der Waals surface area contributed by atoms with Crippen molar-refractivity contribution in [2.24, 2.45) is 0 Å². The van der Waals surface area contributed by atoms with Gasteiger partial charge in [-0.05, 0) is 25.0 Å². The average Bonchev–Trinajstić information content (AvgIpc) is 1.81. The van der Waals surface area contributed by atoms with Crippen molar-refractivity contribution in [3.63, 3.8) is 0 Å². The second kappa shape index (κ2) is 6.52. The zero-order valence-electron chi connectivity index (χ0n) is 5.78. The quantitative estimate of drug-likeness (QED) is 0.490. The molecular formula is C8H14. The summed E-state index contributed by atoms with van der Waals surface area (Å²) in [5, 5.41) is 0. The normalized spacial score (nSPS) is 7.75. The van der Waals surface area contributed by atoms with E-state index in [4.69, 9.17) is 0 Å². The van der Waals surface area contributed by atoms with Gasteiger partial charge in [-0.3, -0.25) is 0 Å². The van der Waals surface area contributed by atoms with Gasteiger partial charge in [0, 0.05) is 0 Å². The van der Waals surface area contributed by atoms with E-state index >= 15 is 0 Å². The highest BCUT2D eigenvalue weighted by Crippen LogP contribution is 1.85. The van der Waals surface area contributed by atoms with E-state index in [2.05, 4.69) is 31.7 Å².